The number of hydrogen-bond acceptors (Lipinski definition) is 4. The van der Waals surface area contributed by atoms with Gasteiger partial charge in [-0.3, -0.25) is 0 Å². The van der Waals surface area contributed by atoms with Crippen LogP contribution in [0.5, 0.6) is 0 Å². The second-order valence-corrected chi connectivity index (χ2v) is 4.72. The molecular weight excluding hydrogens is 200 g/mol. The summed E-state index contributed by atoms with van der Waals surface area (Å²) >= 11 is 0. The predicted molar refractivity (Wildman–Crippen MR) is 67.5 cm³/mol. The Morgan fingerprint density at radius 3 is 2.06 bits per heavy atom. The van der Waals surface area contributed by atoms with E-state index in [9.17, 15) is 0 Å². The number of aryl methyl sites for hydroxylation is 2. The van der Waals surface area contributed by atoms with E-state index >= 15 is 0 Å². The van der Waals surface area contributed by atoms with Crippen LogP contribution in [0, 0.1) is 0 Å². The maximum atomic E-state index is 5.91. The van der Waals surface area contributed by atoms with Gasteiger partial charge in [-0.1, -0.05) is 13.8 Å². The highest BCUT2D eigenvalue weighted by molar-refractivity contribution is 5.29. The molecule has 4 nitrogen and oxygen atoms in total. The summed E-state index contributed by atoms with van der Waals surface area (Å²) in [6.07, 6.45) is 1.85. The molecule has 0 radical (unpaired) electrons. The zero-order valence-corrected chi connectivity index (χ0v) is 10.7. The number of aromatic nitrogens is 2. The van der Waals surface area contributed by atoms with E-state index in [1.807, 2.05) is 13.8 Å². The third kappa shape index (κ3) is 4.14. The van der Waals surface area contributed by atoms with E-state index in [4.69, 9.17) is 5.73 Å². The first-order valence-electron chi connectivity index (χ1n) is 5.84. The third-order valence-electron chi connectivity index (χ3n) is 2.26. The quantitative estimate of drug-likeness (QED) is 0.796. The van der Waals surface area contributed by atoms with Crippen LogP contribution in [0.25, 0.3) is 0 Å². The lowest BCUT2D eigenvalue weighted by Gasteiger charge is -2.19. The Balaban J connectivity index is 2.79. The lowest BCUT2D eigenvalue weighted by atomic mass is 10.1. The van der Waals surface area contributed by atoms with Crippen LogP contribution in [-0.2, 0) is 12.8 Å². The lowest BCUT2D eigenvalue weighted by molar-refractivity contribution is 0.547. The van der Waals surface area contributed by atoms with Crippen molar-refractivity contribution in [3.63, 3.8) is 0 Å². The molecule has 0 atom stereocenters. The molecule has 1 heterocycles. The molecule has 0 saturated heterocycles. The van der Waals surface area contributed by atoms with Crippen molar-refractivity contribution < 1.29 is 0 Å². The monoisotopic (exact) mass is 222 g/mol. The van der Waals surface area contributed by atoms with E-state index < -0.39 is 0 Å². The molecule has 0 amide bonds. The molecule has 0 bridgehead atoms. The zero-order chi connectivity index (χ0) is 12.2. The highest BCUT2D eigenvalue weighted by atomic mass is 15.1. The molecule has 0 aliphatic carbocycles. The Kier molecular flexibility index (Phi) is 4.24. The summed E-state index contributed by atoms with van der Waals surface area (Å²) in [4.78, 5) is 8.85. The molecule has 0 saturated carbocycles. The number of hydrogen-bond donors (Lipinski definition) is 2. The van der Waals surface area contributed by atoms with E-state index in [-0.39, 0.29) is 5.54 Å². The molecule has 90 valence electrons. The molecule has 16 heavy (non-hydrogen) atoms. The van der Waals surface area contributed by atoms with E-state index in [1.165, 1.54) is 0 Å². The van der Waals surface area contributed by atoms with Gasteiger partial charge in [-0.25, -0.2) is 9.97 Å². The summed E-state index contributed by atoms with van der Waals surface area (Å²) in [7, 11) is 0. The first-order chi connectivity index (χ1) is 7.44. The number of nitrogens with zero attached hydrogens (tertiary/aromatic N) is 2. The van der Waals surface area contributed by atoms with Gasteiger partial charge in [0.2, 0.25) is 5.95 Å². The first kappa shape index (κ1) is 12.9. The van der Waals surface area contributed by atoms with Crippen molar-refractivity contribution in [1.29, 1.82) is 0 Å². The minimum absolute atomic E-state index is 0.252. The molecule has 0 aliphatic heterocycles. The van der Waals surface area contributed by atoms with Crippen LogP contribution in [0.15, 0.2) is 6.07 Å². The zero-order valence-electron chi connectivity index (χ0n) is 10.7. The Morgan fingerprint density at radius 2 is 1.69 bits per heavy atom. The van der Waals surface area contributed by atoms with Crippen molar-refractivity contribution in [3.8, 4) is 0 Å². The van der Waals surface area contributed by atoms with E-state index in [1.54, 1.807) is 0 Å². The summed E-state index contributed by atoms with van der Waals surface area (Å²) in [5.74, 6) is 0.690. The average molecular weight is 222 g/mol. The van der Waals surface area contributed by atoms with E-state index in [2.05, 4.69) is 35.2 Å². The van der Waals surface area contributed by atoms with Gasteiger partial charge in [-0.2, -0.15) is 0 Å². The third-order valence-corrected chi connectivity index (χ3v) is 2.26. The largest absolute Gasteiger partial charge is 0.352 e. The topological polar surface area (TPSA) is 63.8 Å². The van der Waals surface area contributed by atoms with Gasteiger partial charge in [0.25, 0.3) is 0 Å². The Bertz CT molecular complexity index is 319. The molecule has 0 spiro atoms. The summed E-state index contributed by atoms with van der Waals surface area (Å²) in [6.45, 7) is 8.81. The summed E-state index contributed by atoms with van der Waals surface area (Å²) in [6, 6.07) is 2.05. The van der Waals surface area contributed by atoms with Crippen LogP contribution in [0.4, 0.5) is 5.95 Å². The van der Waals surface area contributed by atoms with Gasteiger partial charge in [0.1, 0.15) is 0 Å². The molecule has 0 aliphatic rings. The molecule has 1 aromatic rings. The van der Waals surface area contributed by atoms with E-state index in [0.29, 0.717) is 12.5 Å². The average Bonchev–Trinajstić information content (AvgIpc) is 2.25. The van der Waals surface area contributed by atoms with Crippen molar-refractivity contribution in [3.05, 3.63) is 17.5 Å². The molecule has 3 N–H and O–H groups in total. The molecule has 0 aromatic carbocycles. The van der Waals surface area contributed by atoms with Crippen LogP contribution in [-0.4, -0.2) is 22.1 Å². The second kappa shape index (κ2) is 5.25. The highest BCUT2D eigenvalue weighted by Gasteiger charge is 2.11. The smallest absolute Gasteiger partial charge is 0.223 e. The van der Waals surface area contributed by atoms with Gasteiger partial charge in [-0.15, -0.1) is 0 Å². The fourth-order valence-corrected chi connectivity index (χ4v) is 1.30. The molecule has 0 unspecified atom stereocenters. The molecule has 4 heteroatoms. The molecule has 1 rings (SSSR count). The SMILES string of the molecule is CCc1cc(CC)nc(NCC(C)(C)N)n1. The maximum absolute atomic E-state index is 5.91. The normalized spacial score (nSPS) is 11.6. The van der Waals surface area contributed by atoms with Crippen molar-refractivity contribution >= 4 is 5.95 Å². The molecule has 1 aromatic heterocycles. The van der Waals surface area contributed by atoms with Gasteiger partial charge < -0.3 is 11.1 Å². The lowest BCUT2D eigenvalue weighted by Crippen LogP contribution is -2.40. The van der Waals surface area contributed by atoms with Crippen molar-refractivity contribution in [2.24, 2.45) is 5.73 Å². The van der Waals surface area contributed by atoms with Crippen LogP contribution in [0.1, 0.15) is 39.1 Å². The van der Waals surface area contributed by atoms with Crippen molar-refractivity contribution in [2.45, 2.75) is 46.1 Å². The summed E-state index contributed by atoms with van der Waals surface area (Å²) < 4.78 is 0. The van der Waals surface area contributed by atoms with Crippen LogP contribution >= 0.6 is 0 Å². The van der Waals surface area contributed by atoms with Crippen LogP contribution in [0.3, 0.4) is 0 Å². The summed E-state index contributed by atoms with van der Waals surface area (Å²) in [5.41, 5.74) is 7.80. The maximum Gasteiger partial charge on any atom is 0.223 e. The first-order valence-corrected chi connectivity index (χ1v) is 5.84. The number of nitrogens with one attached hydrogen (secondary N) is 1. The van der Waals surface area contributed by atoms with E-state index in [0.717, 1.165) is 24.2 Å². The fourth-order valence-electron chi connectivity index (χ4n) is 1.30. The highest BCUT2D eigenvalue weighted by Crippen LogP contribution is 2.08. The van der Waals surface area contributed by atoms with Crippen LogP contribution in [0.2, 0.25) is 0 Å². The van der Waals surface area contributed by atoms with Gasteiger partial charge in [0, 0.05) is 23.5 Å². The number of rotatable bonds is 5. The van der Waals surface area contributed by atoms with Crippen molar-refractivity contribution in [2.75, 3.05) is 11.9 Å². The van der Waals surface area contributed by atoms with Crippen LogP contribution < -0.4 is 11.1 Å². The molecule has 0 fully saturated rings. The number of anilines is 1. The minimum atomic E-state index is -0.252. The fraction of sp³-hybridized carbons (Fsp3) is 0.667. The van der Waals surface area contributed by atoms with Gasteiger partial charge in [0.05, 0.1) is 0 Å². The predicted octanol–water partition coefficient (Wildman–Crippen LogP) is 1.75. The Morgan fingerprint density at radius 1 is 1.19 bits per heavy atom. The van der Waals surface area contributed by atoms with Gasteiger partial charge in [0.15, 0.2) is 0 Å². The van der Waals surface area contributed by atoms with Crippen molar-refractivity contribution in [1.82, 2.24) is 9.97 Å². The Hall–Kier alpha value is -1.16. The number of nitrogens with two attached hydrogens (primary N) is 1. The Labute approximate surface area is 97.7 Å². The summed E-state index contributed by atoms with van der Waals surface area (Å²) in [5, 5.41) is 3.19. The second-order valence-electron chi connectivity index (χ2n) is 4.72. The minimum Gasteiger partial charge on any atom is -0.352 e. The standard InChI is InChI=1S/C12H22N4/c1-5-9-7-10(6-2)16-11(15-9)14-8-12(3,4)13/h7H,5-6,8,13H2,1-4H3,(H,14,15,16). The van der Waals surface area contributed by atoms with Gasteiger partial charge >= 0.3 is 0 Å². The van der Waals surface area contributed by atoms with Gasteiger partial charge in [-0.05, 0) is 32.8 Å². The molecular formula is C12H22N4.